The van der Waals surface area contributed by atoms with Gasteiger partial charge < -0.3 is 9.52 Å². The predicted octanol–water partition coefficient (Wildman–Crippen LogP) is 1.42. The first-order valence-electron chi connectivity index (χ1n) is 3.57. The van der Waals surface area contributed by atoms with Crippen LogP contribution in [0.15, 0.2) is 16.9 Å². The van der Waals surface area contributed by atoms with Crippen molar-refractivity contribution < 1.29 is 14.3 Å². The molecule has 0 fully saturated rings. The molecule has 2 rings (SSSR count). The molecule has 2 aromatic heterocycles. The lowest BCUT2D eigenvalue weighted by Gasteiger charge is -1.91. The molecule has 0 unspecified atom stereocenters. The van der Waals surface area contributed by atoms with Crippen molar-refractivity contribution >= 4 is 17.6 Å². The number of oxazole rings is 1. The molecule has 0 aromatic carbocycles. The van der Waals surface area contributed by atoms with Gasteiger partial charge in [0.1, 0.15) is 17.0 Å². The maximum Gasteiger partial charge on any atom is 0.341 e. The van der Waals surface area contributed by atoms with Gasteiger partial charge in [0, 0.05) is 0 Å². The summed E-state index contributed by atoms with van der Waals surface area (Å²) in [4.78, 5) is 14.6. The van der Waals surface area contributed by atoms with Crippen molar-refractivity contribution in [3.63, 3.8) is 0 Å². The molecule has 0 radical (unpaired) electrons. The van der Waals surface area contributed by atoms with Crippen molar-refractivity contribution in [3.8, 4) is 11.6 Å². The molecule has 2 heterocycles. The number of carbonyl (C=O) groups is 1. The van der Waals surface area contributed by atoms with Crippen LogP contribution in [0.25, 0.3) is 11.6 Å². The molecule has 2 aromatic rings. The Morgan fingerprint density at radius 2 is 2.43 bits per heavy atom. The molecular weight excluding hydrogens is 210 g/mol. The first kappa shape index (κ1) is 8.76. The van der Waals surface area contributed by atoms with Crippen LogP contribution in [0, 0.1) is 0 Å². The third kappa shape index (κ3) is 1.25. The van der Waals surface area contributed by atoms with Crippen LogP contribution in [0.5, 0.6) is 0 Å². The van der Waals surface area contributed by atoms with E-state index in [9.17, 15) is 4.79 Å². The third-order valence-corrected chi connectivity index (χ3v) is 1.84. The van der Waals surface area contributed by atoms with Gasteiger partial charge in [0.05, 0.1) is 6.20 Å². The molecule has 72 valence electrons. The van der Waals surface area contributed by atoms with E-state index in [1.54, 1.807) is 0 Å². The van der Waals surface area contributed by atoms with E-state index in [1.165, 1.54) is 12.5 Å². The van der Waals surface area contributed by atoms with E-state index in [2.05, 4.69) is 15.2 Å². The van der Waals surface area contributed by atoms with Gasteiger partial charge in [0.25, 0.3) is 0 Å². The van der Waals surface area contributed by atoms with Crippen molar-refractivity contribution in [1.29, 1.82) is 0 Å². The molecule has 0 saturated heterocycles. The molecule has 7 heteroatoms. The number of halogens is 1. The van der Waals surface area contributed by atoms with Crippen LogP contribution >= 0.6 is 11.6 Å². The molecule has 14 heavy (non-hydrogen) atoms. The fourth-order valence-electron chi connectivity index (χ4n) is 1.01. The van der Waals surface area contributed by atoms with E-state index in [4.69, 9.17) is 21.1 Å². The first-order chi connectivity index (χ1) is 6.70. The average molecular weight is 214 g/mol. The summed E-state index contributed by atoms with van der Waals surface area (Å²) in [5.74, 6) is -1.07. The molecule has 0 amide bonds. The molecule has 0 aliphatic carbocycles. The number of nitrogens with zero attached hydrogens (tertiary/aromatic N) is 2. The van der Waals surface area contributed by atoms with E-state index in [1.807, 2.05) is 0 Å². The minimum atomic E-state index is -1.18. The first-order valence-corrected chi connectivity index (χ1v) is 3.95. The predicted molar refractivity (Wildman–Crippen MR) is 46.1 cm³/mol. The van der Waals surface area contributed by atoms with Crippen molar-refractivity contribution in [3.05, 3.63) is 23.2 Å². The highest BCUT2D eigenvalue weighted by atomic mass is 35.5. The molecule has 2 N–H and O–H groups in total. The largest absolute Gasteiger partial charge is 0.477 e. The van der Waals surface area contributed by atoms with Crippen molar-refractivity contribution in [1.82, 2.24) is 15.2 Å². The van der Waals surface area contributed by atoms with Crippen LogP contribution in [-0.4, -0.2) is 26.3 Å². The Balaban J connectivity index is 2.60. The molecule has 0 bridgehead atoms. The maximum absolute atomic E-state index is 10.8. The highest BCUT2D eigenvalue weighted by Crippen LogP contribution is 2.24. The maximum atomic E-state index is 10.8. The number of aromatic carboxylic acids is 1. The number of carboxylic acid groups (broad SMARTS) is 1. The fourth-order valence-corrected chi connectivity index (χ4v) is 1.22. The summed E-state index contributed by atoms with van der Waals surface area (Å²) in [6.07, 6.45) is 2.72. The summed E-state index contributed by atoms with van der Waals surface area (Å²) >= 11 is 5.59. The van der Waals surface area contributed by atoms with Gasteiger partial charge in [-0.3, -0.25) is 5.10 Å². The summed E-state index contributed by atoms with van der Waals surface area (Å²) in [7, 11) is 0. The van der Waals surface area contributed by atoms with E-state index in [0.717, 1.165) is 0 Å². The number of hydrogen-bond donors (Lipinski definition) is 2. The van der Waals surface area contributed by atoms with Crippen molar-refractivity contribution in [2.45, 2.75) is 0 Å². The highest BCUT2D eigenvalue weighted by molar-refractivity contribution is 6.33. The lowest BCUT2D eigenvalue weighted by Crippen LogP contribution is -1.97. The van der Waals surface area contributed by atoms with Gasteiger partial charge in [0.15, 0.2) is 5.69 Å². The Kier molecular flexibility index (Phi) is 1.97. The number of H-pyrrole nitrogens is 1. The lowest BCUT2D eigenvalue weighted by atomic mass is 10.2. The Labute approximate surface area is 82.5 Å². The lowest BCUT2D eigenvalue weighted by molar-refractivity contribution is 0.0697. The normalized spacial score (nSPS) is 10.4. The summed E-state index contributed by atoms with van der Waals surface area (Å²) in [6, 6.07) is 0. The third-order valence-electron chi connectivity index (χ3n) is 1.57. The monoisotopic (exact) mass is 213 g/mol. The van der Waals surface area contributed by atoms with Gasteiger partial charge >= 0.3 is 5.97 Å². The van der Waals surface area contributed by atoms with Gasteiger partial charge in [-0.2, -0.15) is 5.10 Å². The number of nitrogens with one attached hydrogen (secondary N) is 1. The van der Waals surface area contributed by atoms with Gasteiger partial charge in [-0.15, -0.1) is 0 Å². The van der Waals surface area contributed by atoms with Gasteiger partial charge in [-0.25, -0.2) is 9.78 Å². The highest BCUT2D eigenvalue weighted by Gasteiger charge is 2.22. The number of rotatable bonds is 2. The fraction of sp³-hybridized carbons (Fsp3) is 0. The van der Waals surface area contributed by atoms with Crippen molar-refractivity contribution in [2.24, 2.45) is 0 Å². The second-order valence-corrected chi connectivity index (χ2v) is 2.78. The molecule has 0 aliphatic rings. The van der Waals surface area contributed by atoms with E-state index in [-0.39, 0.29) is 22.3 Å². The Hall–Kier alpha value is -1.82. The number of carboxylic acids is 1. The quantitative estimate of drug-likeness (QED) is 0.787. The van der Waals surface area contributed by atoms with Gasteiger partial charge in [0.2, 0.25) is 5.89 Å². The second-order valence-electron chi connectivity index (χ2n) is 2.40. The van der Waals surface area contributed by atoms with E-state index in [0.29, 0.717) is 0 Å². The van der Waals surface area contributed by atoms with E-state index >= 15 is 0 Å². The van der Waals surface area contributed by atoms with Gasteiger partial charge in [-0.1, -0.05) is 11.6 Å². The Morgan fingerprint density at radius 3 is 3.00 bits per heavy atom. The second kappa shape index (κ2) is 3.15. The zero-order valence-corrected chi connectivity index (χ0v) is 7.45. The summed E-state index contributed by atoms with van der Waals surface area (Å²) < 4.78 is 4.91. The molecule has 0 saturated carbocycles. The molecular formula is C7H4ClN3O3. The zero-order valence-electron chi connectivity index (χ0n) is 6.69. The summed E-state index contributed by atoms with van der Waals surface area (Å²) in [6.45, 7) is 0. The number of aromatic nitrogens is 3. The molecule has 0 spiro atoms. The number of hydrogen-bond acceptors (Lipinski definition) is 4. The Bertz CT molecular complexity index is 462. The van der Waals surface area contributed by atoms with Gasteiger partial charge in [-0.05, 0) is 0 Å². The van der Waals surface area contributed by atoms with Crippen LogP contribution in [0.3, 0.4) is 0 Å². The molecule has 0 atom stereocenters. The van der Waals surface area contributed by atoms with Crippen LogP contribution in [0.2, 0.25) is 5.15 Å². The summed E-state index contributed by atoms with van der Waals surface area (Å²) in [5, 5.41) is 14.8. The minimum absolute atomic E-state index is 0.0503. The van der Waals surface area contributed by atoms with Crippen LogP contribution in [0.4, 0.5) is 0 Å². The smallest absolute Gasteiger partial charge is 0.341 e. The van der Waals surface area contributed by atoms with E-state index < -0.39 is 5.97 Å². The zero-order chi connectivity index (χ0) is 10.1. The standard InChI is InChI=1S/C7H4ClN3O3/c8-5-3(7(12)13)4(10-11-5)6-9-1-2-14-6/h1-2H,(H,10,11)(H,12,13). The topological polar surface area (TPSA) is 92.0 Å². The van der Waals surface area contributed by atoms with Crippen LogP contribution in [-0.2, 0) is 0 Å². The van der Waals surface area contributed by atoms with Crippen molar-refractivity contribution in [2.75, 3.05) is 0 Å². The summed E-state index contributed by atoms with van der Waals surface area (Å²) in [5.41, 5.74) is -0.0541. The molecule has 6 nitrogen and oxygen atoms in total. The molecule has 0 aliphatic heterocycles. The number of aromatic amines is 1. The SMILES string of the molecule is O=C(O)c1c(-c2ncco2)n[nH]c1Cl. The Morgan fingerprint density at radius 1 is 1.64 bits per heavy atom. The minimum Gasteiger partial charge on any atom is -0.477 e. The van der Waals surface area contributed by atoms with Crippen LogP contribution < -0.4 is 0 Å². The van der Waals surface area contributed by atoms with Crippen LogP contribution in [0.1, 0.15) is 10.4 Å². The average Bonchev–Trinajstić information content (AvgIpc) is 2.70.